The molecule has 2 unspecified atom stereocenters. The molecule has 1 aliphatic rings. The molecule has 6 nitrogen and oxygen atoms in total. The quantitative estimate of drug-likeness (QED) is 0.211. The largest absolute Gasteiger partial charge is 0.493 e. The van der Waals surface area contributed by atoms with E-state index in [0.29, 0.717) is 41.0 Å². The molecule has 192 valence electrons. The van der Waals surface area contributed by atoms with Crippen molar-refractivity contribution in [3.8, 4) is 11.5 Å². The number of rotatable bonds is 12. The molecule has 1 aliphatic heterocycles. The maximum atomic E-state index is 13.6. The van der Waals surface area contributed by atoms with Gasteiger partial charge in [-0.3, -0.25) is 0 Å². The van der Waals surface area contributed by atoms with Crippen LogP contribution in [0.3, 0.4) is 0 Å². The normalized spacial score (nSPS) is 17.9. The van der Waals surface area contributed by atoms with Gasteiger partial charge in [0, 0.05) is 36.8 Å². The molecule has 0 bridgehead atoms. The van der Waals surface area contributed by atoms with Crippen molar-refractivity contribution in [3.63, 3.8) is 0 Å². The van der Waals surface area contributed by atoms with Crippen molar-refractivity contribution in [2.24, 2.45) is 11.8 Å². The van der Waals surface area contributed by atoms with Gasteiger partial charge in [0.15, 0.2) is 11.5 Å². The van der Waals surface area contributed by atoms with E-state index in [2.05, 4.69) is 39.8 Å². The molecule has 0 amide bonds. The van der Waals surface area contributed by atoms with Crippen molar-refractivity contribution in [1.29, 1.82) is 0 Å². The Morgan fingerprint density at radius 1 is 1.19 bits per heavy atom. The number of nitrogens with one attached hydrogen (secondary N) is 1. The lowest BCUT2D eigenvalue weighted by atomic mass is 9.89. The Labute approximate surface area is 217 Å². The molecule has 2 aromatic carbocycles. The number of hydrogen-bond acceptors (Lipinski definition) is 6. The smallest absolute Gasteiger partial charge is 0.162 e. The molecule has 2 heterocycles. The fourth-order valence-electron chi connectivity index (χ4n) is 5.01. The van der Waals surface area contributed by atoms with E-state index >= 15 is 0 Å². The molecule has 3 aromatic rings. The van der Waals surface area contributed by atoms with E-state index < -0.39 is 5.82 Å². The van der Waals surface area contributed by atoms with Gasteiger partial charge in [-0.2, -0.15) is 0 Å². The summed E-state index contributed by atoms with van der Waals surface area (Å²) in [5, 5.41) is 4.01. The highest BCUT2D eigenvalue weighted by atomic mass is 35.5. The molecule has 4 rings (SSSR count). The summed E-state index contributed by atoms with van der Waals surface area (Å²) < 4.78 is 25.3. The average Bonchev–Trinajstić information content (AvgIpc) is 3.25. The van der Waals surface area contributed by atoms with E-state index in [4.69, 9.17) is 21.1 Å². The van der Waals surface area contributed by atoms with Gasteiger partial charge in [0.1, 0.15) is 18.0 Å². The number of fused-ring (bicyclic) bond motifs is 1. The molecule has 8 heteroatoms. The lowest BCUT2D eigenvalue weighted by Gasteiger charge is -2.17. The maximum absolute atomic E-state index is 13.6. The van der Waals surface area contributed by atoms with E-state index in [1.54, 1.807) is 13.2 Å². The van der Waals surface area contributed by atoms with Crippen LogP contribution in [0.15, 0.2) is 49.3 Å². The SMILES string of the molecule is C=CCC1CN(CCCOc2cc3c(Nc4ccc(F)c(Cl)c4)ncnc3cc2OC)CC1CCC. The lowest BCUT2D eigenvalue weighted by molar-refractivity contribution is 0.249. The first-order valence-corrected chi connectivity index (χ1v) is 12.9. The number of anilines is 2. The second-order valence-electron chi connectivity index (χ2n) is 9.29. The molecule has 2 atom stereocenters. The first-order valence-electron chi connectivity index (χ1n) is 12.5. The number of likely N-dealkylation sites (tertiary alicyclic amines) is 1. The van der Waals surface area contributed by atoms with Crippen LogP contribution in [-0.4, -0.2) is 48.2 Å². The highest BCUT2D eigenvalue weighted by Gasteiger charge is 2.30. The van der Waals surface area contributed by atoms with Crippen LogP contribution in [0.1, 0.15) is 32.6 Å². The summed E-state index contributed by atoms with van der Waals surface area (Å²) in [5.74, 6) is 2.83. The van der Waals surface area contributed by atoms with Crippen molar-refractivity contribution in [2.75, 3.05) is 38.7 Å². The van der Waals surface area contributed by atoms with Gasteiger partial charge in [0.05, 0.1) is 24.3 Å². The second-order valence-corrected chi connectivity index (χ2v) is 9.70. The van der Waals surface area contributed by atoms with Crippen LogP contribution in [0.5, 0.6) is 11.5 Å². The molecule has 0 spiro atoms. The summed E-state index contributed by atoms with van der Waals surface area (Å²) in [5.41, 5.74) is 1.33. The molecular formula is C28H34ClFN4O2. The molecular weight excluding hydrogens is 479 g/mol. The first kappa shape index (κ1) is 26.2. The molecule has 1 N–H and O–H groups in total. The standard InChI is InChI=1S/C28H34ClFN4O2/c1-4-7-19-16-34(17-20(19)8-5-2)11-6-12-36-27-14-22-25(15-26(27)35-3)31-18-32-28(22)33-21-9-10-24(30)23(29)13-21/h4,9-10,13-15,18-20H,1,5-8,11-12,16-17H2,2-3H3,(H,31,32,33). The van der Waals surface area contributed by atoms with Crippen LogP contribution in [-0.2, 0) is 0 Å². The Hall–Kier alpha value is -2.90. The summed E-state index contributed by atoms with van der Waals surface area (Å²) in [4.78, 5) is 11.3. The van der Waals surface area contributed by atoms with Gasteiger partial charge < -0.3 is 19.7 Å². The minimum atomic E-state index is -0.471. The van der Waals surface area contributed by atoms with E-state index in [1.807, 2.05) is 12.1 Å². The average molecular weight is 513 g/mol. The van der Waals surface area contributed by atoms with E-state index in [9.17, 15) is 4.39 Å². The molecule has 0 aliphatic carbocycles. The lowest BCUT2D eigenvalue weighted by Crippen LogP contribution is -2.23. The Balaban J connectivity index is 1.43. The third-order valence-electron chi connectivity index (χ3n) is 6.76. The van der Waals surface area contributed by atoms with Crippen molar-refractivity contribution >= 4 is 34.0 Å². The summed E-state index contributed by atoms with van der Waals surface area (Å²) >= 11 is 5.94. The zero-order chi connectivity index (χ0) is 25.5. The molecule has 0 radical (unpaired) electrons. The summed E-state index contributed by atoms with van der Waals surface area (Å²) in [6.07, 6.45) is 8.05. The number of methoxy groups -OCH3 is 1. The zero-order valence-corrected chi connectivity index (χ0v) is 21.7. The van der Waals surface area contributed by atoms with Crippen LogP contribution >= 0.6 is 11.6 Å². The number of halogens is 2. The first-order chi connectivity index (χ1) is 17.5. The van der Waals surface area contributed by atoms with Crippen LogP contribution in [0.2, 0.25) is 5.02 Å². The van der Waals surface area contributed by atoms with Crippen molar-refractivity contribution in [1.82, 2.24) is 14.9 Å². The minimum absolute atomic E-state index is 0.0406. The molecule has 1 fully saturated rings. The third kappa shape index (κ3) is 6.26. The van der Waals surface area contributed by atoms with Crippen LogP contribution < -0.4 is 14.8 Å². The maximum Gasteiger partial charge on any atom is 0.162 e. The van der Waals surface area contributed by atoms with Gasteiger partial charge in [-0.05, 0) is 55.4 Å². The number of hydrogen-bond donors (Lipinski definition) is 1. The predicted octanol–water partition coefficient (Wildman–Crippen LogP) is 6.87. The number of aromatic nitrogens is 2. The number of benzene rings is 2. The van der Waals surface area contributed by atoms with Gasteiger partial charge in [-0.1, -0.05) is 31.0 Å². The topological polar surface area (TPSA) is 59.5 Å². The number of nitrogens with zero attached hydrogens (tertiary/aromatic N) is 3. The Kier molecular flexibility index (Phi) is 8.99. The fraction of sp³-hybridized carbons (Fsp3) is 0.429. The Bertz CT molecular complexity index is 1190. The molecule has 1 saturated heterocycles. The van der Waals surface area contributed by atoms with Crippen LogP contribution in [0, 0.1) is 17.7 Å². The Morgan fingerprint density at radius 3 is 2.78 bits per heavy atom. The van der Waals surface area contributed by atoms with Crippen molar-refractivity contribution in [2.45, 2.75) is 32.6 Å². The summed E-state index contributed by atoms with van der Waals surface area (Å²) in [6.45, 7) is 10.1. The van der Waals surface area contributed by atoms with Crippen LogP contribution in [0.4, 0.5) is 15.9 Å². The Morgan fingerprint density at radius 2 is 2.03 bits per heavy atom. The second kappa shape index (κ2) is 12.4. The third-order valence-corrected chi connectivity index (χ3v) is 7.05. The summed E-state index contributed by atoms with van der Waals surface area (Å²) in [7, 11) is 1.62. The van der Waals surface area contributed by atoms with Gasteiger partial charge in [0.25, 0.3) is 0 Å². The van der Waals surface area contributed by atoms with Crippen molar-refractivity contribution < 1.29 is 13.9 Å². The van der Waals surface area contributed by atoms with E-state index in [1.165, 1.54) is 31.3 Å². The van der Waals surface area contributed by atoms with Crippen molar-refractivity contribution in [3.05, 3.63) is 60.2 Å². The van der Waals surface area contributed by atoms with E-state index in [0.717, 1.165) is 43.8 Å². The number of ether oxygens (including phenoxy) is 2. The molecule has 36 heavy (non-hydrogen) atoms. The van der Waals surface area contributed by atoms with Gasteiger partial charge in [-0.15, -0.1) is 6.58 Å². The van der Waals surface area contributed by atoms with Gasteiger partial charge in [0.2, 0.25) is 0 Å². The highest BCUT2D eigenvalue weighted by molar-refractivity contribution is 6.31. The minimum Gasteiger partial charge on any atom is -0.493 e. The van der Waals surface area contributed by atoms with E-state index in [-0.39, 0.29) is 5.02 Å². The fourth-order valence-corrected chi connectivity index (χ4v) is 5.19. The molecule has 0 saturated carbocycles. The zero-order valence-electron chi connectivity index (χ0n) is 21.0. The monoisotopic (exact) mass is 512 g/mol. The molecule has 1 aromatic heterocycles. The highest BCUT2D eigenvalue weighted by Crippen LogP contribution is 2.35. The van der Waals surface area contributed by atoms with Crippen LogP contribution in [0.25, 0.3) is 10.9 Å². The van der Waals surface area contributed by atoms with Gasteiger partial charge in [-0.25, -0.2) is 14.4 Å². The predicted molar refractivity (Wildman–Crippen MR) is 144 cm³/mol. The van der Waals surface area contributed by atoms with Gasteiger partial charge >= 0.3 is 0 Å². The number of allylic oxidation sites excluding steroid dienone is 1. The summed E-state index contributed by atoms with van der Waals surface area (Å²) in [6, 6.07) is 8.17.